The van der Waals surface area contributed by atoms with Crippen molar-refractivity contribution in [3.05, 3.63) is 95.0 Å². The lowest BCUT2D eigenvalue weighted by molar-refractivity contribution is 0.237. The van der Waals surface area contributed by atoms with E-state index in [1.54, 1.807) is 0 Å². The molecule has 3 aromatic carbocycles. The largest absolute Gasteiger partial charge is 0.304 e. The van der Waals surface area contributed by atoms with Gasteiger partial charge >= 0.3 is 0 Å². The highest BCUT2D eigenvalue weighted by molar-refractivity contribution is 7.99. The first-order valence-corrected chi connectivity index (χ1v) is 12.7. The van der Waals surface area contributed by atoms with E-state index >= 15 is 0 Å². The molecule has 0 saturated carbocycles. The number of thioether (sulfide) groups is 1. The van der Waals surface area contributed by atoms with Crippen LogP contribution in [0.3, 0.4) is 0 Å². The number of rotatable bonds is 7. The van der Waals surface area contributed by atoms with Gasteiger partial charge in [0.2, 0.25) is 0 Å². The number of benzene rings is 3. The second kappa shape index (κ2) is 10.7. The van der Waals surface area contributed by atoms with Crippen molar-refractivity contribution in [1.82, 2.24) is 4.90 Å². The molecule has 32 heavy (non-hydrogen) atoms. The molecule has 0 spiro atoms. The molecule has 1 aliphatic heterocycles. The van der Waals surface area contributed by atoms with Crippen molar-refractivity contribution in [3.63, 3.8) is 0 Å². The zero-order valence-electron chi connectivity index (χ0n) is 19.0. The third-order valence-electron chi connectivity index (χ3n) is 6.32. The minimum atomic E-state index is 0. The van der Waals surface area contributed by atoms with Crippen LogP contribution >= 0.6 is 23.4 Å². The van der Waals surface area contributed by atoms with E-state index in [0.717, 1.165) is 30.3 Å². The molecule has 170 valence electrons. The first-order valence-electron chi connectivity index (χ1n) is 11.5. The van der Waals surface area contributed by atoms with Crippen LogP contribution in [0.5, 0.6) is 0 Å². The first-order chi connectivity index (χ1) is 15.6. The maximum Gasteiger partial charge on any atom is 0.0769 e. The van der Waals surface area contributed by atoms with Crippen LogP contribution in [0.15, 0.2) is 88.8 Å². The van der Waals surface area contributed by atoms with Crippen LogP contribution in [0.2, 0.25) is 5.02 Å². The van der Waals surface area contributed by atoms with Crippen molar-refractivity contribution in [3.8, 4) is 0 Å². The Morgan fingerprint density at radius 2 is 1.59 bits per heavy atom. The number of hydrogen-bond donors (Lipinski definition) is 0. The number of fused-ring (bicyclic) bond motifs is 1. The van der Waals surface area contributed by atoms with Gasteiger partial charge in [0, 0.05) is 30.5 Å². The van der Waals surface area contributed by atoms with Crippen LogP contribution in [0.1, 0.15) is 40.0 Å². The summed E-state index contributed by atoms with van der Waals surface area (Å²) in [6.45, 7) is 10.0. The highest BCUT2D eigenvalue weighted by Gasteiger charge is 2.36. The van der Waals surface area contributed by atoms with Crippen molar-refractivity contribution in [2.45, 2.75) is 30.9 Å². The molecular weight excluding hydrogens is 432 g/mol. The van der Waals surface area contributed by atoms with E-state index in [-0.39, 0.29) is 14.0 Å². The molecule has 0 bridgehead atoms. The lowest BCUT2D eigenvalue weighted by Gasteiger charge is -2.34. The molecule has 1 heterocycles. The summed E-state index contributed by atoms with van der Waals surface area (Å²) in [5.41, 5.74) is 4.76. The summed E-state index contributed by atoms with van der Waals surface area (Å²) in [5, 5.41) is 1.03. The average Bonchev–Trinajstić information content (AvgIpc) is 3.00. The van der Waals surface area contributed by atoms with Crippen molar-refractivity contribution < 1.29 is 2.85 Å². The number of nitrogens with zero attached hydrogens (tertiary/aromatic N) is 2. The molecule has 1 unspecified atom stereocenters. The van der Waals surface area contributed by atoms with E-state index in [9.17, 15) is 0 Å². The predicted molar refractivity (Wildman–Crippen MR) is 144 cm³/mol. The molecule has 0 N–H and O–H groups in total. The summed E-state index contributed by atoms with van der Waals surface area (Å²) >= 11 is 8.19. The summed E-state index contributed by atoms with van der Waals surface area (Å²) in [5.74, 6) is 0.688. The Balaban J connectivity index is 0.00000204. The van der Waals surface area contributed by atoms with Crippen LogP contribution in [-0.4, -0.2) is 30.2 Å². The number of aliphatic imine (C=N–C) groups is 1. The van der Waals surface area contributed by atoms with E-state index in [2.05, 4.69) is 92.4 Å². The third kappa shape index (κ3) is 5.11. The van der Waals surface area contributed by atoms with E-state index in [1.807, 2.05) is 23.9 Å². The molecule has 0 amide bonds. The zero-order chi connectivity index (χ0) is 22.5. The zero-order valence-corrected chi connectivity index (χ0v) is 20.6. The maximum atomic E-state index is 6.26. The fraction of sp³-hybridized carbons (Fsp3) is 0.321. The van der Waals surface area contributed by atoms with Gasteiger partial charge in [0.25, 0.3) is 0 Å². The molecule has 0 radical (unpaired) electrons. The van der Waals surface area contributed by atoms with Gasteiger partial charge in [-0.3, -0.25) is 4.99 Å². The summed E-state index contributed by atoms with van der Waals surface area (Å²) in [6, 6.07) is 27.7. The second-order valence-corrected chi connectivity index (χ2v) is 10.0. The Kier molecular flexibility index (Phi) is 7.72. The molecule has 3 aromatic rings. The molecule has 4 rings (SSSR count). The van der Waals surface area contributed by atoms with Gasteiger partial charge in [0.1, 0.15) is 0 Å². The van der Waals surface area contributed by atoms with Gasteiger partial charge in [-0.05, 0) is 54.4 Å². The Hall–Kier alpha value is -2.07. The van der Waals surface area contributed by atoms with Gasteiger partial charge in [0.15, 0.2) is 0 Å². The van der Waals surface area contributed by atoms with Crippen LogP contribution in [0, 0.1) is 11.8 Å². The van der Waals surface area contributed by atoms with Gasteiger partial charge < -0.3 is 4.90 Å². The Labute approximate surface area is 204 Å². The van der Waals surface area contributed by atoms with Gasteiger partial charge in [-0.15, -0.1) is 11.8 Å². The molecular formula is C28H35ClN2S. The van der Waals surface area contributed by atoms with Crippen LogP contribution in [0.4, 0.5) is 5.69 Å². The summed E-state index contributed by atoms with van der Waals surface area (Å²) in [6.07, 6.45) is 0. The van der Waals surface area contributed by atoms with Crippen molar-refractivity contribution >= 4 is 34.8 Å². The highest BCUT2D eigenvalue weighted by atomic mass is 35.5. The van der Waals surface area contributed by atoms with Crippen molar-refractivity contribution in [2.75, 3.05) is 19.6 Å². The Bertz CT molecular complexity index is 1060. The smallest absolute Gasteiger partial charge is 0.0769 e. The van der Waals surface area contributed by atoms with Crippen LogP contribution in [0.25, 0.3) is 0 Å². The number of halogens is 1. The van der Waals surface area contributed by atoms with E-state index < -0.39 is 0 Å². The molecule has 0 fully saturated rings. The normalized spacial score (nSPS) is 19.2. The highest BCUT2D eigenvalue weighted by Crippen LogP contribution is 2.50. The Morgan fingerprint density at radius 3 is 2.28 bits per heavy atom. The standard InChI is InChI=1S/C28H31ClN2S.2H2/c1-4-31(5-2)19-20(3)26-27(21-11-7-6-8-12-21)30-24-13-9-10-14-25(24)32-28(26)22-15-17-23(29)18-16-22;;/h6-18,20,26,28H,4-5,19H2,1-3H3;2*1H/t20?,26-,28+;;/m1../s1. The summed E-state index contributed by atoms with van der Waals surface area (Å²) < 4.78 is 0. The third-order valence-corrected chi connectivity index (χ3v) is 7.99. The summed E-state index contributed by atoms with van der Waals surface area (Å²) in [4.78, 5) is 9.07. The molecule has 0 aliphatic carbocycles. The fourth-order valence-corrected chi connectivity index (χ4v) is 6.20. The fourth-order valence-electron chi connectivity index (χ4n) is 4.57. The van der Waals surface area contributed by atoms with E-state index in [0.29, 0.717) is 5.92 Å². The average molecular weight is 467 g/mol. The monoisotopic (exact) mass is 466 g/mol. The summed E-state index contributed by atoms with van der Waals surface area (Å²) in [7, 11) is 0. The number of para-hydroxylation sites is 1. The minimum absolute atomic E-state index is 0. The van der Waals surface area contributed by atoms with Crippen LogP contribution in [-0.2, 0) is 0 Å². The van der Waals surface area contributed by atoms with E-state index in [4.69, 9.17) is 16.6 Å². The molecule has 2 nitrogen and oxygen atoms in total. The molecule has 0 saturated heterocycles. The lowest BCUT2D eigenvalue weighted by atomic mass is 9.80. The molecule has 4 heteroatoms. The topological polar surface area (TPSA) is 15.6 Å². The second-order valence-electron chi connectivity index (χ2n) is 8.41. The van der Waals surface area contributed by atoms with Gasteiger partial charge in [-0.2, -0.15) is 0 Å². The van der Waals surface area contributed by atoms with Gasteiger partial charge in [-0.1, -0.05) is 87.0 Å². The lowest BCUT2D eigenvalue weighted by Crippen LogP contribution is -2.36. The molecule has 3 atom stereocenters. The predicted octanol–water partition coefficient (Wildman–Crippen LogP) is 8.39. The Morgan fingerprint density at radius 1 is 0.938 bits per heavy atom. The minimum Gasteiger partial charge on any atom is -0.304 e. The van der Waals surface area contributed by atoms with E-state index in [1.165, 1.54) is 21.7 Å². The SMILES string of the molecule is CCN(CC)CC(C)[C@@H]1C(c2ccccc2)=Nc2ccccc2S[C@H]1c1ccc(Cl)cc1.[HH].[HH]. The van der Waals surface area contributed by atoms with Crippen molar-refractivity contribution in [2.24, 2.45) is 16.8 Å². The maximum absolute atomic E-state index is 6.26. The van der Waals surface area contributed by atoms with Crippen LogP contribution < -0.4 is 0 Å². The van der Waals surface area contributed by atoms with Gasteiger partial charge in [0.05, 0.1) is 11.4 Å². The number of hydrogen-bond acceptors (Lipinski definition) is 3. The van der Waals surface area contributed by atoms with Crippen molar-refractivity contribution in [1.29, 1.82) is 0 Å². The van der Waals surface area contributed by atoms with Gasteiger partial charge in [-0.25, -0.2) is 0 Å². The molecule has 1 aliphatic rings. The molecule has 0 aromatic heterocycles. The first kappa shape index (κ1) is 23.1. The quantitative estimate of drug-likeness (QED) is 0.347.